The molecule has 2 nitrogen and oxygen atoms in total. The molecule has 1 aromatic rings. The van der Waals surface area contributed by atoms with E-state index in [1.165, 1.54) is 0 Å². The van der Waals surface area contributed by atoms with E-state index in [1.54, 1.807) is 0 Å². The maximum atomic E-state index is 10.5. The highest BCUT2D eigenvalue weighted by atomic mass is 79.9. The van der Waals surface area contributed by atoms with Crippen molar-refractivity contribution < 1.29 is 5.11 Å². The zero-order valence-electron chi connectivity index (χ0n) is 11.7. The fourth-order valence-electron chi connectivity index (χ4n) is 2.07. The van der Waals surface area contributed by atoms with Gasteiger partial charge in [0, 0.05) is 20.8 Å². The fraction of sp³-hybridized carbons (Fsp3) is 0.467. The maximum Gasteiger partial charge on any atom is 0.126 e. The molecule has 1 N–H and O–H groups in total. The van der Waals surface area contributed by atoms with Crippen LogP contribution in [0.5, 0.6) is 0 Å². The van der Waals surface area contributed by atoms with Crippen LogP contribution in [0.4, 0.5) is 0 Å². The van der Waals surface area contributed by atoms with Crippen molar-refractivity contribution in [3.63, 3.8) is 0 Å². The van der Waals surface area contributed by atoms with E-state index in [0.29, 0.717) is 18.1 Å². The summed E-state index contributed by atoms with van der Waals surface area (Å²) < 4.78 is 0.920. The molecule has 1 aliphatic heterocycles. The number of hydrogen-bond acceptors (Lipinski definition) is 2. The monoisotopic (exact) mass is 345 g/mol. The van der Waals surface area contributed by atoms with Gasteiger partial charge < -0.3 is 10.0 Å². The van der Waals surface area contributed by atoms with Gasteiger partial charge in [-0.15, -0.1) is 0 Å². The summed E-state index contributed by atoms with van der Waals surface area (Å²) in [5.74, 6) is 0. The zero-order valence-corrected chi connectivity index (χ0v) is 14.1. The lowest BCUT2D eigenvalue weighted by atomic mass is 9.85. The molecule has 0 aromatic heterocycles. The van der Waals surface area contributed by atoms with E-state index in [1.807, 2.05) is 32.0 Å². The molecule has 1 aromatic carbocycles. The molecule has 1 heterocycles. The number of aliphatic hydroxyl groups is 1. The van der Waals surface area contributed by atoms with Crippen molar-refractivity contribution in [2.75, 3.05) is 13.1 Å². The Balaban J connectivity index is 0.000000861. The molecule has 4 heteroatoms. The Kier molecular flexibility index (Phi) is 5.90. The summed E-state index contributed by atoms with van der Waals surface area (Å²) >= 11 is 9.52. The summed E-state index contributed by atoms with van der Waals surface area (Å²) in [6.45, 7) is 11.2. The first-order valence-corrected chi connectivity index (χ1v) is 7.74. The smallest absolute Gasteiger partial charge is 0.126 e. The summed E-state index contributed by atoms with van der Waals surface area (Å²) in [4.78, 5) is 2.08. The van der Waals surface area contributed by atoms with Gasteiger partial charge in [0.2, 0.25) is 0 Å². The minimum atomic E-state index is -0.837. The highest BCUT2D eigenvalue weighted by molar-refractivity contribution is 9.10. The van der Waals surface area contributed by atoms with E-state index < -0.39 is 5.60 Å². The summed E-state index contributed by atoms with van der Waals surface area (Å²) in [6, 6.07) is 5.58. The summed E-state index contributed by atoms with van der Waals surface area (Å²) in [5.41, 5.74) is 1.01. The van der Waals surface area contributed by atoms with E-state index >= 15 is 0 Å². The first-order chi connectivity index (χ1) is 8.96. The molecule has 19 heavy (non-hydrogen) atoms. The lowest BCUT2D eigenvalue weighted by Gasteiger charge is -2.49. The molecule has 0 amide bonds. The quantitative estimate of drug-likeness (QED) is 0.867. The number of rotatable bonds is 3. The highest BCUT2D eigenvalue weighted by Crippen LogP contribution is 2.38. The number of β-amino-alcohol motifs (C(OH)–C–C–N with tert-alkyl or cyclic N) is 1. The van der Waals surface area contributed by atoms with E-state index in [2.05, 4.69) is 34.3 Å². The molecular formula is C15H21BrClNO. The topological polar surface area (TPSA) is 23.5 Å². The van der Waals surface area contributed by atoms with Crippen LogP contribution in [-0.2, 0) is 5.60 Å². The Morgan fingerprint density at radius 1 is 1.47 bits per heavy atom. The molecular weight excluding hydrogens is 326 g/mol. The van der Waals surface area contributed by atoms with Gasteiger partial charge >= 0.3 is 0 Å². The van der Waals surface area contributed by atoms with Gasteiger partial charge in [0.05, 0.1) is 13.1 Å². The van der Waals surface area contributed by atoms with E-state index in [4.69, 9.17) is 11.6 Å². The van der Waals surface area contributed by atoms with Crippen molar-refractivity contribution in [2.24, 2.45) is 0 Å². The van der Waals surface area contributed by atoms with Crippen LogP contribution < -0.4 is 0 Å². The van der Waals surface area contributed by atoms with Crippen molar-refractivity contribution in [2.45, 2.75) is 32.8 Å². The van der Waals surface area contributed by atoms with Crippen LogP contribution in [0.25, 0.3) is 0 Å². The van der Waals surface area contributed by atoms with E-state index in [-0.39, 0.29) is 0 Å². The van der Waals surface area contributed by atoms with Crippen molar-refractivity contribution in [3.05, 3.63) is 45.5 Å². The van der Waals surface area contributed by atoms with Gasteiger partial charge in [-0.05, 0) is 18.6 Å². The lowest BCUT2D eigenvalue weighted by molar-refractivity contribution is -0.0886. The van der Waals surface area contributed by atoms with Crippen molar-refractivity contribution in [3.8, 4) is 0 Å². The first-order valence-electron chi connectivity index (χ1n) is 6.57. The van der Waals surface area contributed by atoms with Gasteiger partial charge in [0.25, 0.3) is 0 Å². The van der Waals surface area contributed by atoms with Crippen LogP contribution in [0.3, 0.4) is 0 Å². The third-order valence-electron chi connectivity index (χ3n) is 3.19. The minimum absolute atomic E-state index is 0.570. The Morgan fingerprint density at radius 2 is 2.05 bits per heavy atom. The number of allylic oxidation sites excluding steroid dienone is 1. The van der Waals surface area contributed by atoms with E-state index in [9.17, 15) is 5.11 Å². The molecule has 1 fully saturated rings. The highest BCUT2D eigenvalue weighted by Gasteiger charge is 2.43. The Bertz CT molecular complexity index is 455. The molecule has 0 atom stereocenters. The molecule has 0 spiro atoms. The molecule has 0 unspecified atom stereocenters. The summed E-state index contributed by atoms with van der Waals surface area (Å²) in [7, 11) is 0. The van der Waals surface area contributed by atoms with Crippen LogP contribution in [0.1, 0.15) is 32.8 Å². The Morgan fingerprint density at radius 3 is 2.53 bits per heavy atom. The largest absolute Gasteiger partial charge is 0.381 e. The number of nitrogens with zero attached hydrogens (tertiary/aromatic N) is 1. The molecule has 0 aliphatic carbocycles. The van der Waals surface area contributed by atoms with Crippen LogP contribution in [0, 0.1) is 0 Å². The predicted molar refractivity (Wildman–Crippen MR) is 85.4 cm³/mol. The molecule has 0 radical (unpaired) electrons. The van der Waals surface area contributed by atoms with Crippen LogP contribution in [-0.4, -0.2) is 23.1 Å². The van der Waals surface area contributed by atoms with Gasteiger partial charge in [0.1, 0.15) is 5.60 Å². The van der Waals surface area contributed by atoms with Crippen molar-refractivity contribution >= 4 is 27.5 Å². The third-order valence-corrected chi connectivity index (χ3v) is 4.00. The van der Waals surface area contributed by atoms with Gasteiger partial charge in [-0.1, -0.05) is 60.9 Å². The van der Waals surface area contributed by atoms with Crippen molar-refractivity contribution in [1.29, 1.82) is 0 Å². The summed E-state index contributed by atoms with van der Waals surface area (Å²) in [5, 5.41) is 11.1. The second-order valence-electron chi connectivity index (χ2n) is 4.43. The Hall–Kier alpha value is -0.510. The molecule has 1 saturated heterocycles. The fourth-order valence-corrected chi connectivity index (χ4v) is 2.92. The SMILES string of the molecule is C=C(CC)N1CC(O)(c2ccc(Br)cc2Cl)C1.CC. The normalized spacial score (nSPS) is 16.2. The van der Waals surface area contributed by atoms with Gasteiger partial charge in [-0.2, -0.15) is 0 Å². The standard InChI is InChI=1S/C13H15BrClNO.C2H6/c1-3-9(2)16-7-13(17,8-16)11-5-4-10(14)6-12(11)15;1-2/h4-6,17H,2-3,7-8H2,1H3;1-2H3. The maximum absolute atomic E-state index is 10.5. The number of likely N-dealkylation sites (tertiary alicyclic amines) is 1. The predicted octanol–water partition coefficient (Wildman–Crippen LogP) is 4.56. The molecule has 0 bridgehead atoms. The van der Waals surface area contributed by atoms with E-state index in [0.717, 1.165) is 22.2 Å². The third kappa shape index (κ3) is 3.53. The molecule has 0 saturated carbocycles. The number of hydrogen-bond donors (Lipinski definition) is 1. The van der Waals surface area contributed by atoms with Crippen LogP contribution in [0.2, 0.25) is 5.02 Å². The van der Waals surface area contributed by atoms with Gasteiger partial charge in [-0.3, -0.25) is 0 Å². The number of halogens is 2. The molecule has 2 rings (SSSR count). The Labute approximate surface area is 129 Å². The second kappa shape index (κ2) is 6.78. The van der Waals surface area contributed by atoms with Gasteiger partial charge in [0.15, 0.2) is 0 Å². The average Bonchev–Trinajstić information content (AvgIpc) is 2.36. The second-order valence-corrected chi connectivity index (χ2v) is 5.75. The number of benzene rings is 1. The minimum Gasteiger partial charge on any atom is -0.381 e. The summed E-state index contributed by atoms with van der Waals surface area (Å²) in [6.07, 6.45) is 0.907. The van der Waals surface area contributed by atoms with Crippen LogP contribution >= 0.6 is 27.5 Å². The zero-order chi connectivity index (χ0) is 14.6. The first kappa shape index (κ1) is 16.5. The van der Waals surface area contributed by atoms with Crippen molar-refractivity contribution in [1.82, 2.24) is 4.90 Å². The average molecular weight is 347 g/mol. The van der Waals surface area contributed by atoms with Gasteiger partial charge in [-0.25, -0.2) is 0 Å². The van der Waals surface area contributed by atoms with Crippen LogP contribution in [0.15, 0.2) is 34.9 Å². The molecule has 1 aliphatic rings. The molecule has 106 valence electrons. The lowest BCUT2D eigenvalue weighted by Crippen LogP contribution is -2.58.